The third kappa shape index (κ3) is 4.41. The van der Waals surface area contributed by atoms with Gasteiger partial charge in [-0.2, -0.15) is 0 Å². The van der Waals surface area contributed by atoms with E-state index in [-0.39, 0.29) is 18.3 Å². The van der Waals surface area contributed by atoms with Gasteiger partial charge in [-0.3, -0.25) is 10.7 Å². The lowest BCUT2D eigenvalue weighted by Crippen LogP contribution is -2.21. The van der Waals surface area contributed by atoms with E-state index in [2.05, 4.69) is 15.0 Å². The van der Waals surface area contributed by atoms with E-state index in [1.807, 2.05) is 54.6 Å². The number of nitrogens with two attached hydrogens (primary N) is 1. The molecule has 2 aromatic heterocycles. The van der Waals surface area contributed by atoms with E-state index < -0.39 is 12.2 Å². The smallest absolute Gasteiger partial charge is 0.413 e. The van der Waals surface area contributed by atoms with Crippen molar-refractivity contribution in [3.63, 3.8) is 0 Å². The zero-order valence-electron chi connectivity index (χ0n) is 15.7. The number of carbonyl (C=O) groups is 1. The van der Waals surface area contributed by atoms with Gasteiger partial charge in [-0.05, 0) is 23.8 Å². The fourth-order valence-corrected chi connectivity index (χ4v) is 3.80. The quantitative estimate of drug-likeness (QED) is 0.297. The van der Waals surface area contributed by atoms with Crippen LogP contribution in [0.4, 0.5) is 10.6 Å². The van der Waals surface area contributed by atoms with Crippen molar-refractivity contribution in [2.24, 2.45) is 5.73 Å². The number of hydrogen-bond donors (Lipinski definition) is 3. The molecular weight excluding hydrogens is 404 g/mol. The molecule has 9 heteroatoms. The third-order valence-electron chi connectivity index (χ3n) is 4.26. The molecule has 0 spiro atoms. The Morgan fingerprint density at radius 1 is 1.20 bits per heavy atom. The van der Waals surface area contributed by atoms with Gasteiger partial charge < -0.3 is 19.7 Å². The number of amidine groups is 1. The van der Waals surface area contributed by atoms with Crippen LogP contribution in [-0.4, -0.2) is 23.7 Å². The van der Waals surface area contributed by atoms with Crippen LogP contribution >= 0.6 is 11.3 Å². The van der Waals surface area contributed by atoms with Crippen LogP contribution in [0.2, 0.25) is 0 Å². The molecule has 4 N–H and O–H groups in total. The van der Waals surface area contributed by atoms with Crippen LogP contribution in [0.25, 0.3) is 10.1 Å². The zero-order chi connectivity index (χ0) is 20.9. The molecule has 1 atom stereocenters. The van der Waals surface area contributed by atoms with Gasteiger partial charge >= 0.3 is 6.09 Å². The molecule has 0 radical (unpaired) electrons. The first kappa shape index (κ1) is 19.5. The first-order valence-electron chi connectivity index (χ1n) is 9.03. The average Bonchev–Trinajstić information content (AvgIpc) is 3.42. The Morgan fingerprint density at radius 3 is 2.77 bits per heavy atom. The molecule has 2 heterocycles. The van der Waals surface area contributed by atoms with Gasteiger partial charge in [0.25, 0.3) is 0 Å². The van der Waals surface area contributed by atoms with E-state index in [9.17, 15) is 4.79 Å². The number of thiophene rings is 1. The number of benzene rings is 2. The summed E-state index contributed by atoms with van der Waals surface area (Å²) in [6, 6.07) is 18.5. The summed E-state index contributed by atoms with van der Waals surface area (Å²) in [5.41, 5.74) is 6.49. The maximum atomic E-state index is 12.1. The summed E-state index contributed by atoms with van der Waals surface area (Å²) < 4.78 is 17.2. The molecule has 8 nitrogen and oxygen atoms in total. The molecule has 30 heavy (non-hydrogen) atoms. The number of fused-ring (bicyclic) bond motifs is 1. The van der Waals surface area contributed by atoms with Crippen molar-refractivity contribution < 1.29 is 18.8 Å². The molecule has 2 aromatic carbocycles. The minimum atomic E-state index is -0.666. The predicted molar refractivity (Wildman–Crippen MR) is 114 cm³/mol. The maximum absolute atomic E-state index is 12.1. The fourth-order valence-electron chi connectivity index (χ4n) is 2.86. The number of anilines is 1. The van der Waals surface area contributed by atoms with Crippen molar-refractivity contribution in [3.05, 3.63) is 77.4 Å². The second-order valence-electron chi connectivity index (χ2n) is 6.32. The lowest BCUT2D eigenvalue weighted by atomic mass is 10.1. The van der Waals surface area contributed by atoms with Crippen molar-refractivity contribution in [1.29, 1.82) is 5.41 Å². The number of nitrogen functional groups attached to an aromatic ring is 1. The molecule has 4 rings (SSSR count). The second kappa shape index (κ2) is 8.66. The van der Waals surface area contributed by atoms with Gasteiger partial charge in [-0.1, -0.05) is 41.6 Å². The van der Waals surface area contributed by atoms with Gasteiger partial charge in [-0.15, -0.1) is 11.3 Å². The van der Waals surface area contributed by atoms with E-state index >= 15 is 0 Å². The minimum absolute atomic E-state index is 0.00891. The molecule has 0 saturated heterocycles. The first-order chi connectivity index (χ1) is 14.6. The van der Waals surface area contributed by atoms with E-state index in [4.69, 9.17) is 20.6 Å². The Labute approximate surface area is 175 Å². The number of amides is 1. The lowest BCUT2D eigenvalue weighted by molar-refractivity contribution is 0.0909. The second-order valence-corrected chi connectivity index (χ2v) is 7.40. The van der Waals surface area contributed by atoms with E-state index in [1.54, 1.807) is 0 Å². The number of nitrogens with zero attached hydrogens (tertiary/aromatic N) is 1. The SMILES string of the molecule is N=C(N)c1cc2c(OC(COC(=O)Nc3ccon3)c3ccccc3)cccc2s1. The van der Waals surface area contributed by atoms with Crippen molar-refractivity contribution in [1.82, 2.24) is 5.16 Å². The van der Waals surface area contributed by atoms with Crippen LogP contribution in [0.15, 0.2) is 71.4 Å². The summed E-state index contributed by atoms with van der Waals surface area (Å²) >= 11 is 1.42. The highest BCUT2D eigenvalue weighted by Gasteiger charge is 2.19. The summed E-state index contributed by atoms with van der Waals surface area (Å²) in [5.74, 6) is 0.886. The number of aromatic nitrogens is 1. The summed E-state index contributed by atoms with van der Waals surface area (Å²) in [6.07, 6.45) is 0.143. The highest BCUT2D eigenvalue weighted by molar-refractivity contribution is 7.20. The van der Waals surface area contributed by atoms with Crippen molar-refractivity contribution in [3.8, 4) is 5.75 Å². The molecule has 0 fully saturated rings. The highest BCUT2D eigenvalue weighted by Crippen LogP contribution is 2.35. The molecule has 0 saturated carbocycles. The topological polar surface area (TPSA) is 123 Å². The van der Waals surface area contributed by atoms with Gasteiger partial charge in [0.2, 0.25) is 0 Å². The minimum Gasteiger partial charge on any atom is -0.481 e. The standard InChI is InChI=1S/C21H18N4O4S/c22-20(23)18-11-14-15(7-4-8-17(14)30-18)29-16(13-5-2-1-3-6-13)12-27-21(26)24-19-9-10-28-25-19/h1-11,16H,12H2,(H3,22,23)(H,24,25,26). The maximum Gasteiger partial charge on any atom is 0.413 e. The number of nitrogens with one attached hydrogen (secondary N) is 2. The van der Waals surface area contributed by atoms with Crippen molar-refractivity contribution in [2.45, 2.75) is 6.10 Å². The zero-order valence-corrected chi connectivity index (χ0v) is 16.5. The van der Waals surface area contributed by atoms with Crippen molar-refractivity contribution in [2.75, 3.05) is 11.9 Å². The van der Waals surface area contributed by atoms with Crippen LogP contribution in [0.5, 0.6) is 5.75 Å². The summed E-state index contributed by atoms with van der Waals surface area (Å²) in [7, 11) is 0. The molecule has 0 aliphatic heterocycles. The fraction of sp³-hybridized carbons (Fsp3) is 0.0952. The number of ether oxygens (including phenoxy) is 2. The van der Waals surface area contributed by atoms with Crippen LogP contribution in [-0.2, 0) is 4.74 Å². The average molecular weight is 422 g/mol. The van der Waals surface area contributed by atoms with E-state index in [0.717, 1.165) is 15.6 Å². The molecule has 0 bridgehead atoms. The highest BCUT2D eigenvalue weighted by atomic mass is 32.1. The van der Waals surface area contributed by atoms with Gasteiger partial charge in [0.1, 0.15) is 24.5 Å². The lowest BCUT2D eigenvalue weighted by Gasteiger charge is -2.20. The molecule has 1 unspecified atom stereocenters. The van der Waals surface area contributed by atoms with Crippen LogP contribution in [0, 0.1) is 5.41 Å². The Morgan fingerprint density at radius 2 is 2.03 bits per heavy atom. The third-order valence-corrected chi connectivity index (χ3v) is 5.39. The monoisotopic (exact) mass is 422 g/mol. The van der Waals surface area contributed by atoms with Crippen LogP contribution in [0.3, 0.4) is 0 Å². The van der Waals surface area contributed by atoms with Crippen LogP contribution in [0.1, 0.15) is 16.5 Å². The Bertz CT molecular complexity index is 1160. The molecular formula is C21H18N4O4S. The molecule has 152 valence electrons. The predicted octanol–water partition coefficient (Wildman–Crippen LogP) is 4.54. The number of hydrogen-bond acceptors (Lipinski definition) is 7. The normalized spacial score (nSPS) is 11.7. The van der Waals surface area contributed by atoms with Gasteiger partial charge in [0.15, 0.2) is 11.9 Å². The Kier molecular flexibility index (Phi) is 5.62. The van der Waals surface area contributed by atoms with Crippen LogP contribution < -0.4 is 15.8 Å². The molecule has 4 aromatic rings. The molecule has 1 amide bonds. The summed E-state index contributed by atoms with van der Waals surface area (Å²) in [5, 5.41) is 14.6. The first-order valence-corrected chi connectivity index (χ1v) is 9.84. The Hall–Kier alpha value is -3.85. The molecule has 0 aliphatic carbocycles. The van der Waals surface area contributed by atoms with E-state index in [0.29, 0.717) is 10.6 Å². The van der Waals surface area contributed by atoms with Gasteiger partial charge in [0, 0.05) is 16.2 Å². The number of rotatable bonds is 7. The summed E-state index contributed by atoms with van der Waals surface area (Å²) in [6.45, 7) is -0.0201. The Balaban J connectivity index is 1.55. The largest absolute Gasteiger partial charge is 0.481 e. The molecule has 0 aliphatic rings. The van der Waals surface area contributed by atoms with Gasteiger partial charge in [-0.25, -0.2) is 4.79 Å². The summed E-state index contributed by atoms with van der Waals surface area (Å²) in [4.78, 5) is 12.8. The van der Waals surface area contributed by atoms with Crippen molar-refractivity contribution >= 4 is 39.2 Å². The van der Waals surface area contributed by atoms with E-state index in [1.165, 1.54) is 23.7 Å². The number of carbonyl (C=O) groups excluding carboxylic acids is 1. The van der Waals surface area contributed by atoms with Gasteiger partial charge in [0.05, 0.1) is 4.88 Å².